The van der Waals surface area contributed by atoms with Crippen molar-refractivity contribution in [2.24, 2.45) is 0 Å². The molecule has 1 aromatic carbocycles. The van der Waals surface area contributed by atoms with Gasteiger partial charge in [0, 0.05) is 16.5 Å². The maximum Gasteiger partial charge on any atom is 0.192 e. The van der Waals surface area contributed by atoms with Gasteiger partial charge in [0.2, 0.25) is 0 Å². The molecule has 0 unspecified atom stereocenters. The lowest BCUT2D eigenvalue weighted by Gasteiger charge is -2.01. The van der Waals surface area contributed by atoms with E-state index in [1.165, 1.54) is 0 Å². The molecular formula is C9H7Cl2IO. The van der Waals surface area contributed by atoms with Crippen LogP contribution in [-0.2, 0) is 11.2 Å². The highest BCUT2D eigenvalue weighted by Gasteiger charge is 2.03. The van der Waals surface area contributed by atoms with Gasteiger partial charge in [0.15, 0.2) is 3.79 Å². The molecule has 4 heteroatoms. The van der Waals surface area contributed by atoms with Crippen LogP contribution in [0.3, 0.4) is 0 Å². The summed E-state index contributed by atoms with van der Waals surface area (Å²) in [6.07, 6.45) is 1.19. The first-order valence-corrected chi connectivity index (χ1v) is 5.55. The third-order valence-corrected chi connectivity index (χ3v) is 2.73. The van der Waals surface area contributed by atoms with E-state index in [1.54, 1.807) is 34.7 Å². The average molecular weight is 329 g/mol. The Hall–Kier alpha value is 0.200. The van der Waals surface area contributed by atoms with Crippen molar-refractivity contribution in [2.45, 2.75) is 12.8 Å². The molecule has 0 N–H and O–H groups in total. The van der Waals surface area contributed by atoms with Crippen molar-refractivity contribution in [3.05, 3.63) is 33.8 Å². The Morgan fingerprint density at radius 2 is 2.08 bits per heavy atom. The second-order valence-electron chi connectivity index (χ2n) is 2.59. The highest BCUT2D eigenvalue weighted by molar-refractivity contribution is 14.1. The Labute approximate surface area is 101 Å². The third kappa shape index (κ3) is 3.83. The summed E-state index contributed by atoms with van der Waals surface area (Å²) in [4.78, 5) is 10.7. The SMILES string of the molecule is O=C(I)CCc1ccc(Cl)cc1Cl. The number of aryl methyl sites for hydroxylation is 1. The number of benzene rings is 1. The summed E-state index contributed by atoms with van der Waals surface area (Å²) in [6, 6.07) is 5.32. The van der Waals surface area contributed by atoms with Crippen molar-refractivity contribution in [1.29, 1.82) is 0 Å². The molecule has 0 saturated heterocycles. The molecule has 0 spiro atoms. The smallest absolute Gasteiger partial charge is 0.192 e. The van der Waals surface area contributed by atoms with E-state index >= 15 is 0 Å². The van der Waals surface area contributed by atoms with Crippen molar-refractivity contribution in [1.82, 2.24) is 0 Å². The van der Waals surface area contributed by atoms with Crippen LogP contribution >= 0.6 is 45.8 Å². The van der Waals surface area contributed by atoms with Crippen molar-refractivity contribution < 1.29 is 4.79 Å². The number of halogens is 3. The molecular weight excluding hydrogens is 322 g/mol. The van der Waals surface area contributed by atoms with Gasteiger partial charge in [-0.3, -0.25) is 4.79 Å². The molecule has 0 amide bonds. The Morgan fingerprint density at radius 1 is 1.38 bits per heavy atom. The van der Waals surface area contributed by atoms with Crippen LogP contribution in [0.15, 0.2) is 18.2 Å². The highest BCUT2D eigenvalue weighted by Crippen LogP contribution is 2.22. The lowest BCUT2D eigenvalue weighted by atomic mass is 10.1. The van der Waals surface area contributed by atoms with Gasteiger partial charge in [-0.05, 0) is 46.7 Å². The van der Waals surface area contributed by atoms with Gasteiger partial charge in [-0.15, -0.1) is 0 Å². The van der Waals surface area contributed by atoms with E-state index in [-0.39, 0.29) is 3.79 Å². The molecule has 0 radical (unpaired) electrons. The van der Waals surface area contributed by atoms with E-state index in [4.69, 9.17) is 23.2 Å². The fraction of sp³-hybridized carbons (Fsp3) is 0.222. The van der Waals surface area contributed by atoms with Gasteiger partial charge in [0.05, 0.1) is 0 Å². The Morgan fingerprint density at radius 3 is 2.62 bits per heavy atom. The topological polar surface area (TPSA) is 17.1 Å². The minimum absolute atomic E-state index is 0.142. The minimum Gasteiger partial charge on any atom is -0.288 e. The molecule has 0 saturated carbocycles. The van der Waals surface area contributed by atoms with E-state index in [0.717, 1.165) is 5.56 Å². The Kier molecular flexibility index (Phi) is 4.49. The predicted octanol–water partition coefficient (Wildman–Crippen LogP) is 3.89. The molecule has 13 heavy (non-hydrogen) atoms. The van der Waals surface area contributed by atoms with E-state index < -0.39 is 0 Å². The number of carbonyl (C=O) groups is 1. The highest BCUT2D eigenvalue weighted by atomic mass is 127. The summed E-state index contributed by atoms with van der Waals surface area (Å²) < 4.78 is 0.142. The zero-order chi connectivity index (χ0) is 9.84. The van der Waals surface area contributed by atoms with Crippen LogP contribution in [0.4, 0.5) is 0 Å². The summed E-state index contributed by atoms with van der Waals surface area (Å²) >= 11 is 13.4. The van der Waals surface area contributed by atoms with Crippen LogP contribution in [-0.4, -0.2) is 3.79 Å². The third-order valence-electron chi connectivity index (χ3n) is 1.61. The molecule has 0 aliphatic rings. The summed E-state index contributed by atoms with van der Waals surface area (Å²) in [6.45, 7) is 0. The van der Waals surface area contributed by atoms with E-state index in [1.807, 2.05) is 6.07 Å². The normalized spacial score (nSPS) is 10.1. The van der Waals surface area contributed by atoms with Crippen LogP contribution in [0.25, 0.3) is 0 Å². The predicted molar refractivity (Wildman–Crippen MR) is 63.8 cm³/mol. The Balaban J connectivity index is 2.72. The molecule has 0 heterocycles. The zero-order valence-corrected chi connectivity index (χ0v) is 10.4. The van der Waals surface area contributed by atoms with Gasteiger partial charge in [0.1, 0.15) is 0 Å². The van der Waals surface area contributed by atoms with Crippen molar-refractivity contribution in [3.8, 4) is 0 Å². The van der Waals surface area contributed by atoms with Crippen LogP contribution < -0.4 is 0 Å². The first-order chi connectivity index (χ1) is 6.09. The van der Waals surface area contributed by atoms with Crippen LogP contribution in [0.2, 0.25) is 10.0 Å². The summed E-state index contributed by atoms with van der Waals surface area (Å²) in [5, 5.41) is 1.25. The zero-order valence-electron chi connectivity index (χ0n) is 6.69. The molecule has 1 rings (SSSR count). The average Bonchev–Trinajstić information content (AvgIpc) is 2.02. The lowest BCUT2D eigenvalue weighted by molar-refractivity contribution is -0.109. The largest absolute Gasteiger partial charge is 0.288 e. The van der Waals surface area contributed by atoms with Gasteiger partial charge in [0.25, 0.3) is 0 Å². The first kappa shape index (κ1) is 11.3. The molecule has 0 aliphatic heterocycles. The maximum absolute atomic E-state index is 10.7. The number of hydrogen-bond acceptors (Lipinski definition) is 1. The summed E-state index contributed by atoms with van der Waals surface area (Å²) in [5.74, 6) is 0. The first-order valence-electron chi connectivity index (χ1n) is 3.72. The molecule has 0 aromatic heterocycles. The maximum atomic E-state index is 10.7. The van der Waals surface area contributed by atoms with Gasteiger partial charge >= 0.3 is 0 Å². The fourth-order valence-electron chi connectivity index (χ4n) is 0.957. The number of carbonyl (C=O) groups excluding carboxylic acids is 1. The summed E-state index contributed by atoms with van der Waals surface area (Å²) in [5.41, 5.74) is 0.969. The van der Waals surface area contributed by atoms with E-state index in [2.05, 4.69) is 0 Å². The minimum atomic E-state index is 0.142. The molecule has 0 fully saturated rings. The van der Waals surface area contributed by atoms with Gasteiger partial charge in [-0.1, -0.05) is 29.3 Å². The standard InChI is InChI=1S/C9H7Cl2IO/c10-7-3-1-6(8(11)5-7)2-4-9(12)13/h1,3,5H,2,4H2. The van der Waals surface area contributed by atoms with Crippen molar-refractivity contribution >= 4 is 49.6 Å². The van der Waals surface area contributed by atoms with E-state index in [0.29, 0.717) is 22.9 Å². The van der Waals surface area contributed by atoms with Gasteiger partial charge in [-0.25, -0.2) is 0 Å². The number of hydrogen-bond donors (Lipinski definition) is 0. The van der Waals surface area contributed by atoms with Gasteiger partial charge in [-0.2, -0.15) is 0 Å². The fourth-order valence-corrected chi connectivity index (χ4v) is 1.73. The molecule has 0 bridgehead atoms. The molecule has 0 aliphatic carbocycles. The lowest BCUT2D eigenvalue weighted by Crippen LogP contribution is -1.91. The number of rotatable bonds is 3. The van der Waals surface area contributed by atoms with Crippen LogP contribution in [0, 0.1) is 0 Å². The molecule has 0 atom stereocenters. The molecule has 1 nitrogen and oxygen atoms in total. The Bertz CT molecular complexity index is 325. The second kappa shape index (κ2) is 5.17. The van der Waals surface area contributed by atoms with Crippen LogP contribution in [0.1, 0.15) is 12.0 Å². The monoisotopic (exact) mass is 328 g/mol. The van der Waals surface area contributed by atoms with Crippen LogP contribution in [0.5, 0.6) is 0 Å². The van der Waals surface area contributed by atoms with E-state index in [9.17, 15) is 4.79 Å². The summed E-state index contributed by atoms with van der Waals surface area (Å²) in [7, 11) is 0. The van der Waals surface area contributed by atoms with Gasteiger partial charge < -0.3 is 0 Å². The quantitative estimate of drug-likeness (QED) is 0.607. The molecule has 1 aromatic rings. The second-order valence-corrected chi connectivity index (χ2v) is 4.64. The molecule has 70 valence electrons. The van der Waals surface area contributed by atoms with Crippen molar-refractivity contribution in [2.75, 3.05) is 0 Å². The van der Waals surface area contributed by atoms with Crippen molar-refractivity contribution in [3.63, 3.8) is 0 Å².